The van der Waals surface area contributed by atoms with E-state index in [2.05, 4.69) is 93.7 Å². The third-order valence-corrected chi connectivity index (χ3v) is 6.76. The van der Waals surface area contributed by atoms with Gasteiger partial charge < -0.3 is 20.5 Å². The summed E-state index contributed by atoms with van der Waals surface area (Å²) in [4.78, 5) is 0. The van der Waals surface area contributed by atoms with Crippen molar-refractivity contribution in [1.82, 2.24) is 0 Å². The molecule has 212 valence electrons. The number of nitrogens with zero attached hydrogens (tertiary/aromatic N) is 1. The summed E-state index contributed by atoms with van der Waals surface area (Å²) in [7, 11) is 1.70. The predicted molar refractivity (Wildman–Crippen MR) is 174 cm³/mol. The van der Waals surface area contributed by atoms with E-state index < -0.39 is 0 Å². The molecule has 0 atom stereocenters. The van der Waals surface area contributed by atoms with E-state index in [-0.39, 0.29) is 5.41 Å². The molecule has 6 N–H and O–H groups in total. The molecule has 2 aromatic rings. The molecule has 0 aliphatic rings. The van der Waals surface area contributed by atoms with Gasteiger partial charge in [-0.15, -0.1) is 0 Å². The number of anilines is 3. The summed E-state index contributed by atoms with van der Waals surface area (Å²) < 4.78 is 9.25. The van der Waals surface area contributed by atoms with Gasteiger partial charge in [-0.3, -0.25) is 5.01 Å². The zero-order valence-corrected chi connectivity index (χ0v) is 25.8. The van der Waals surface area contributed by atoms with E-state index in [1.54, 1.807) is 24.4 Å². The summed E-state index contributed by atoms with van der Waals surface area (Å²) in [5.74, 6) is 7.29. The second-order valence-corrected chi connectivity index (χ2v) is 11.1. The molecule has 0 aliphatic heterocycles. The van der Waals surface area contributed by atoms with E-state index in [0.717, 1.165) is 64.5 Å². The zero-order valence-electron chi connectivity index (χ0n) is 24.9. The summed E-state index contributed by atoms with van der Waals surface area (Å²) in [6.07, 6.45) is 12.6. The monoisotopic (exact) mass is 549 g/mol. The Morgan fingerprint density at radius 2 is 1.82 bits per heavy atom. The molecule has 0 saturated carbocycles. The van der Waals surface area contributed by atoms with E-state index in [1.165, 1.54) is 17.5 Å². The maximum atomic E-state index is 6.53. The van der Waals surface area contributed by atoms with Crippen molar-refractivity contribution in [3.8, 4) is 5.75 Å². The van der Waals surface area contributed by atoms with Crippen LogP contribution in [0.15, 0.2) is 72.6 Å². The van der Waals surface area contributed by atoms with E-state index in [4.69, 9.17) is 16.3 Å². The lowest BCUT2D eigenvalue weighted by atomic mass is 9.86. The van der Waals surface area contributed by atoms with Crippen LogP contribution in [-0.4, -0.2) is 13.4 Å². The Balaban J connectivity index is 2.57. The van der Waals surface area contributed by atoms with Crippen LogP contribution in [0, 0.1) is 6.92 Å². The summed E-state index contributed by atoms with van der Waals surface area (Å²) in [6.45, 7) is 16.8. The van der Waals surface area contributed by atoms with Gasteiger partial charge in [0.15, 0.2) is 5.75 Å². The number of aryl methyl sites for hydroxylation is 1. The van der Waals surface area contributed by atoms with Gasteiger partial charge in [-0.05, 0) is 65.6 Å². The number of ether oxygens (including phenoxy) is 1. The average molecular weight is 550 g/mol. The van der Waals surface area contributed by atoms with Gasteiger partial charge in [-0.1, -0.05) is 89.9 Å². The third kappa shape index (κ3) is 8.60. The highest BCUT2D eigenvalue weighted by Crippen LogP contribution is 2.41. The standard InChI is InChI=1S/C32H47N5OS/c1-10-13-15-23(12-3)26(33)21-37(34)30-18-24(17-16-22(30)4)27(14-11-2)35-28-19-25(32(5,6)7)20-29(36-39-9)31(28)38-8/h12,14-21,35-36H,3,10-11,13,33-34H2,1-2,4-9H3/b23-15+,26-21-,27-14-. The minimum Gasteiger partial charge on any atom is -0.492 e. The van der Waals surface area contributed by atoms with Gasteiger partial charge in [0.25, 0.3) is 0 Å². The number of unbranched alkanes of at least 4 members (excludes halogenated alkanes) is 1. The normalized spacial score (nSPS) is 12.8. The van der Waals surface area contributed by atoms with E-state index in [0.29, 0.717) is 5.70 Å². The van der Waals surface area contributed by atoms with Gasteiger partial charge in [0.05, 0.1) is 29.9 Å². The fourth-order valence-corrected chi connectivity index (χ4v) is 4.49. The number of hydrogen-bond donors (Lipinski definition) is 4. The predicted octanol–water partition coefficient (Wildman–Crippen LogP) is 8.25. The van der Waals surface area contributed by atoms with Gasteiger partial charge >= 0.3 is 0 Å². The van der Waals surface area contributed by atoms with E-state index >= 15 is 0 Å². The second-order valence-electron chi connectivity index (χ2n) is 10.5. The number of rotatable bonds is 13. The van der Waals surface area contributed by atoms with Crippen molar-refractivity contribution < 1.29 is 4.74 Å². The molecule has 0 fully saturated rings. The van der Waals surface area contributed by atoms with Gasteiger partial charge in [0.1, 0.15) is 0 Å². The summed E-state index contributed by atoms with van der Waals surface area (Å²) in [5.41, 5.74) is 14.7. The molecule has 0 unspecified atom stereocenters. The lowest BCUT2D eigenvalue weighted by Gasteiger charge is -2.25. The first-order valence-electron chi connectivity index (χ1n) is 13.4. The first kappa shape index (κ1) is 31.9. The Morgan fingerprint density at radius 3 is 2.38 bits per heavy atom. The van der Waals surface area contributed by atoms with Crippen LogP contribution in [0.3, 0.4) is 0 Å². The van der Waals surface area contributed by atoms with Crippen LogP contribution in [0.25, 0.3) is 5.70 Å². The van der Waals surface area contributed by atoms with Crippen LogP contribution < -0.4 is 31.4 Å². The third-order valence-electron chi connectivity index (χ3n) is 6.33. The molecule has 0 saturated heterocycles. The number of nitrogens with one attached hydrogen (secondary N) is 2. The second kappa shape index (κ2) is 14.8. The Hall–Kier alpha value is -3.29. The van der Waals surface area contributed by atoms with Crippen LogP contribution in [0.4, 0.5) is 17.1 Å². The fourth-order valence-electron chi connectivity index (χ4n) is 4.12. The molecular weight excluding hydrogens is 502 g/mol. The van der Waals surface area contributed by atoms with Crippen molar-refractivity contribution >= 4 is 34.7 Å². The van der Waals surface area contributed by atoms with Crippen LogP contribution in [0.5, 0.6) is 5.75 Å². The average Bonchev–Trinajstić information content (AvgIpc) is 2.88. The molecule has 7 heteroatoms. The molecule has 0 aromatic heterocycles. The smallest absolute Gasteiger partial charge is 0.166 e. The Labute approximate surface area is 240 Å². The van der Waals surface area contributed by atoms with Crippen LogP contribution in [0.1, 0.15) is 70.6 Å². The van der Waals surface area contributed by atoms with E-state index in [9.17, 15) is 0 Å². The molecule has 39 heavy (non-hydrogen) atoms. The number of nitrogens with two attached hydrogens (primary N) is 2. The first-order valence-corrected chi connectivity index (χ1v) is 14.7. The minimum atomic E-state index is -0.0363. The first-order chi connectivity index (χ1) is 18.5. The Kier molecular flexibility index (Phi) is 12.1. The SMILES string of the molecule is C=CC(=C\CCC)/C(N)=C/N(N)c1cc(/C(=C/CC)Nc2cc(C(C)(C)C)cc(NSC)c2OC)ccc1C. The zero-order chi connectivity index (χ0) is 29.2. The van der Waals surface area contributed by atoms with Crippen molar-refractivity contribution in [1.29, 1.82) is 0 Å². The Morgan fingerprint density at radius 1 is 1.13 bits per heavy atom. The van der Waals surface area contributed by atoms with Crippen molar-refractivity contribution in [2.45, 2.75) is 66.2 Å². The molecule has 0 spiro atoms. The lowest BCUT2D eigenvalue weighted by molar-refractivity contribution is 0.418. The highest BCUT2D eigenvalue weighted by molar-refractivity contribution is 7.99. The van der Waals surface area contributed by atoms with Gasteiger partial charge in [-0.25, -0.2) is 5.84 Å². The van der Waals surface area contributed by atoms with Gasteiger partial charge in [-0.2, -0.15) is 0 Å². The largest absolute Gasteiger partial charge is 0.492 e. The molecule has 2 rings (SSSR count). The maximum Gasteiger partial charge on any atom is 0.166 e. The summed E-state index contributed by atoms with van der Waals surface area (Å²) >= 11 is 1.54. The maximum absolute atomic E-state index is 6.53. The van der Waals surface area contributed by atoms with Gasteiger partial charge in [0, 0.05) is 18.2 Å². The van der Waals surface area contributed by atoms with Crippen molar-refractivity contribution in [2.24, 2.45) is 11.6 Å². The molecular formula is C32H47N5OS. The number of benzene rings is 2. The van der Waals surface area contributed by atoms with Crippen molar-refractivity contribution in [3.05, 3.63) is 89.3 Å². The van der Waals surface area contributed by atoms with Crippen molar-refractivity contribution in [3.63, 3.8) is 0 Å². The molecule has 0 aliphatic carbocycles. The Bertz CT molecular complexity index is 1220. The highest BCUT2D eigenvalue weighted by Gasteiger charge is 2.21. The molecule has 0 radical (unpaired) electrons. The number of allylic oxidation sites excluding steroid dienone is 3. The number of hydrogen-bond acceptors (Lipinski definition) is 7. The van der Waals surface area contributed by atoms with E-state index in [1.807, 2.05) is 13.2 Å². The fraction of sp³-hybridized carbons (Fsp3) is 0.375. The summed E-state index contributed by atoms with van der Waals surface area (Å²) in [6, 6.07) is 10.6. The molecule has 0 heterocycles. The lowest BCUT2D eigenvalue weighted by Crippen LogP contribution is -2.27. The number of methoxy groups -OCH3 is 1. The van der Waals surface area contributed by atoms with Crippen molar-refractivity contribution in [2.75, 3.05) is 28.4 Å². The molecule has 6 nitrogen and oxygen atoms in total. The minimum absolute atomic E-state index is 0.0363. The quantitative estimate of drug-likeness (QED) is 0.0866. The van der Waals surface area contributed by atoms with Crippen LogP contribution in [-0.2, 0) is 5.41 Å². The number of hydrazine groups is 1. The highest BCUT2D eigenvalue weighted by atomic mass is 32.2. The topological polar surface area (TPSA) is 88.6 Å². The van der Waals surface area contributed by atoms with Crippen LogP contribution >= 0.6 is 11.9 Å². The summed E-state index contributed by atoms with van der Waals surface area (Å²) in [5, 5.41) is 5.25. The molecule has 0 amide bonds. The van der Waals surface area contributed by atoms with Gasteiger partial charge in [0.2, 0.25) is 0 Å². The molecule has 2 aromatic carbocycles. The van der Waals surface area contributed by atoms with Crippen LogP contribution in [0.2, 0.25) is 0 Å². The molecule has 0 bridgehead atoms.